The molecule has 1 aliphatic carbocycles. The Hall–Kier alpha value is -0.620. The van der Waals surface area contributed by atoms with Gasteiger partial charge in [-0.2, -0.15) is 0 Å². The molecule has 0 saturated heterocycles. The van der Waals surface area contributed by atoms with Crippen LogP contribution < -0.4 is 5.32 Å². The predicted octanol–water partition coefficient (Wildman–Crippen LogP) is 0.229. The third-order valence-electron chi connectivity index (χ3n) is 3.30. The standard InChI is InChI=1S/C11H21NO4S/c1-8(13)9(2)17(15,16)7-11(14)12-10-5-3-4-6-10/h8-10,13H,3-7H2,1-2H3,(H,12,14)/t8-,9-/m1/s1. The Kier molecular flexibility index (Phi) is 4.94. The molecule has 0 unspecified atom stereocenters. The molecule has 1 fully saturated rings. The van der Waals surface area contributed by atoms with E-state index in [2.05, 4.69) is 5.32 Å². The first-order chi connectivity index (χ1) is 7.83. The van der Waals surface area contributed by atoms with E-state index in [0.717, 1.165) is 25.7 Å². The van der Waals surface area contributed by atoms with E-state index in [4.69, 9.17) is 0 Å². The van der Waals surface area contributed by atoms with E-state index < -0.39 is 32.9 Å². The molecule has 0 aromatic rings. The van der Waals surface area contributed by atoms with E-state index in [1.165, 1.54) is 13.8 Å². The molecule has 0 bridgehead atoms. The Morgan fingerprint density at radius 2 is 1.88 bits per heavy atom. The van der Waals surface area contributed by atoms with Crippen LogP contribution in [-0.2, 0) is 14.6 Å². The van der Waals surface area contributed by atoms with Crippen LogP contribution in [0.4, 0.5) is 0 Å². The molecule has 0 aromatic heterocycles. The number of hydrogen-bond acceptors (Lipinski definition) is 4. The highest BCUT2D eigenvalue weighted by molar-refractivity contribution is 7.92. The summed E-state index contributed by atoms with van der Waals surface area (Å²) in [4.78, 5) is 11.6. The van der Waals surface area contributed by atoms with Crippen LogP contribution in [0.25, 0.3) is 0 Å². The maximum Gasteiger partial charge on any atom is 0.235 e. The Bertz CT molecular complexity index is 358. The molecule has 0 radical (unpaired) electrons. The van der Waals surface area contributed by atoms with Gasteiger partial charge in [0, 0.05) is 6.04 Å². The molecule has 0 aliphatic heterocycles. The molecule has 17 heavy (non-hydrogen) atoms. The fraction of sp³-hybridized carbons (Fsp3) is 0.909. The summed E-state index contributed by atoms with van der Waals surface area (Å²) in [5.74, 6) is -0.986. The van der Waals surface area contributed by atoms with Gasteiger partial charge in [0.05, 0.1) is 11.4 Å². The molecule has 0 heterocycles. The summed E-state index contributed by atoms with van der Waals surface area (Å²) in [6.45, 7) is 2.83. The van der Waals surface area contributed by atoms with E-state index >= 15 is 0 Å². The van der Waals surface area contributed by atoms with Crippen molar-refractivity contribution in [2.45, 2.75) is 56.9 Å². The van der Waals surface area contributed by atoms with Crippen LogP contribution in [0.2, 0.25) is 0 Å². The number of rotatable bonds is 5. The summed E-state index contributed by atoms with van der Waals surface area (Å²) < 4.78 is 23.5. The summed E-state index contributed by atoms with van der Waals surface area (Å²) in [6.07, 6.45) is 3.07. The van der Waals surface area contributed by atoms with Crippen molar-refractivity contribution < 1.29 is 18.3 Å². The van der Waals surface area contributed by atoms with Crippen molar-refractivity contribution in [2.24, 2.45) is 0 Å². The van der Waals surface area contributed by atoms with Gasteiger partial charge in [-0.05, 0) is 26.7 Å². The Balaban J connectivity index is 2.49. The number of sulfone groups is 1. The second-order valence-electron chi connectivity index (χ2n) is 4.80. The highest BCUT2D eigenvalue weighted by atomic mass is 32.2. The number of nitrogens with one attached hydrogen (secondary N) is 1. The van der Waals surface area contributed by atoms with Crippen LogP contribution >= 0.6 is 0 Å². The monoisotopic (exact) mass is 263 g/mol. The number of carbonyl (C=O) groups excluding carboxylic acids is 1. The van der Waals surface area contributed by atoms with Crippen molar-refractivity contribution in [3.05, 3.63) is 0 Å². The molecular weight excluding hydrogens is 242 g/mol. The van der Waals surface area contributed by atoms with Crippen LogP contribution in [-0.4, -0.2) is 42.6 Å². The van der Waals surface area contributed by atoms with Gasteiger partial charge in [-0.3, -0.25) is 4.79 Å². The lowest BCUT2D eigenvalue weighted by Gasteiger charge is -2.16. The second-order valence-corrected chi connectivity index (χ2v) is 7.16. The maximum atomic E-state index is 11.7. The topological polar surface area (TPSA) is 83.5 Å². The van der Waals surface area contributed by atoms with Crippen molar-refractivity contribution >= 4 is 15.7 Å². The van der Waals surface area contributed by atoms with Gasteiger partial charge in [0.2, 0.25) is 5.91 Å². The molecule has 1 aliphatic rings. The van der Waals surface area contributed by atoms with E-state index in [1.54, 1.807) is 0 Å². The van der Waals surface area contributed by atoms with Crippen molar-refractivity contribution in [2.75, 3.05) is 5.75 Å². The predicted molar refractivity (Wildman–Crippen MR) is 65.3 cm³/mol. The van der Waals surface area contributed by atoms with Crippen molar-refractivity contribution in [3.8, 4) is 0 Å². The van der Waals surface area contributed by atoms with Gasteiger partial charge < -0.3 is 10.4 Å². The van der Waals surface area contributed by atoms with E-state index in [0.29, 0.717) is 0 Å². The van der Waals surface area contributed by atoms with Crippen LogP contribution in [0, 0.1) is 0 Å². The Labute approximate surface area is 103 Å². The summed E-state index contributed by atoms with van der Waals surface area (Å²) in [6, 6.07) is 0.125. The van der Waals surface area contributed by atoms with Crippen LogP contribution in [0.15, 0.2) is 0 Å². The van der Waals surface area contributed by atoms with Crippen LogP contribution in [0.1, 0.15) is 39.5 Å². The first-order valence-electron chi connectivity index (χ1n) is 6.02. The summed E-state index contributed by atoms with van der Waals surface area (Å²) in [5, 5.41) is 11.1. The molecular formula is C11H21NO4S. The fourth-order valence-corrected chi connectivity index (χ4v) is 3.27. The average Bonchev–Trinajstić information content (AvgIpc) is 2.67. The Morgan fingerprint density at radius 1 is 1.35 bits per heavy atom. The lowest BCUT2D eigenvalue weighted by Crippen LogP contribution is -2.41. The van der Waals surface area contributed by atoms with Crippen molar-refractivity contribution in [1.82, 2.24) is 5.32 Å². The molecule has 2 N–H and O–H groups in total. The molecule has 2 atom stereocenters. The fourth-order valence-electron chi connectivity index (χ4n) is 1.95. The average molecular weight is 263 g/mol. The summed E-state index contributed by atoms with van der Waals surface area (Å²) in [7, 11) is -3.56. The number of amides is 1. The third-order valence-corrected chi connectivity index (χ3v) is 5.49. The molecule has 0 aromatic carbocycles. The quantitative estimate of drug-likeness (QED) is 0.743. The number of aliphatic hydroxyl groups is 1. The summed E-state index contributed by atoms with van der Waals surface area (Å²) >= 11 is 0. The molecule has 5 nitrogen and oxygen atoms in total. The minimum atomic E-state index is -3.56. The van der Waals surface area contributed by atoms with Gasteiger partial charge in [-0.25, -0.2) is 8.42 Å². The first kappa shape index (κ1) is 14.4. The van der Waals surface area contributed by atoms with E-state index in [1.807, 2.05) is 0 Å². The van der Waals surface area contributed by atoms with Gasteiger partial charge in [-0.1, -0.05) is 12.8 Å². The smallest absolute Gasteiger partial charge is 0.235 e. The Morgan fingerprint density at radius 3 is 2.35 bits per heavy atom. The minimum absolute atomic E-state index is 0.125. The molecule has 6 heteroatoms. The van der Waals surface area contributed by atoms with Gasteiger partial charge in [-0.15, -0.1) is 0 Å². The lowest BCUT2D eigenvalue weighted by molar-refractivity contribution is -0.119. The zero-order valence-electron chi connectivity index (χ0n) is 10.3. The molecule has 1 rings (SSSR count). The number of carbonyl (C=O) groups is 1. The van der Waals surface area contributed by atoms with Crippen LogP contribution in [0.3, 0.4) is 0 Å². The van der Waals surface area contributed by atoms with E-state index in [9.17, 15) is 18.3 Å². The zero-order valence-corrected chi connectivity index (χ0v) is 11.2. The highest BCUT2D eigenvalue weighted by Crippen LogP contribution is 2.17. The largest absolute Gasteiger partial charge is 0.392 e. The molecule has 1 amide bonds. The second kappa shape index (κ2) is 5.82. The van der Waals surface area contributed by atoms with Crippen molar-refractivity contribution in [3.63, 3.8) is 0 Å². The van der Waals surface area contributed by atoms with E-state index in [-0.39, 0.29) is 6.04 Å². The molecule has 0 spiro atoms. The SMILES string of the molecule is C[C@H]([C@@H](C)O)S(=O)(=O)CC(=O)NC1CCCC1. The van der Waals surface area contributed by atoms with Crippen LogP contribution in [0.5, 0.6) is 0 Å². The van der Waals surface area contributed by atoms with Gasteiger partial charge >= 0.3 is 0 Å². The zero-order chi connectivity index (χ0) is 13.1. The first-order valence-corrected chi connectivity index (χ1v) is 7.73. The number of aliphatic hydroxyl groups excluding tert-OH is 1. The molecule has 100 valence electrons. The van der Waals surface area contributed by atoms with Gasteiger partial charge in [0.15, 0.2) is 9.84 Å². The third kappa shape index (κ3) is 4.27. The lowest BCUT2D eigenvalue weighted by atomic mass is 10.2. The van der Waals surface area contributed by atoms with Gasteiger partial charge in [0.25, 0.3) is 0 Å². The highest BCUT2D eigenvalue weighted by Gasteiger charge is 2.28. The minimum Gasteiger partial charge on any atom is -0.392 e. The number of hydrogen-bond donors (Lipinski definition) is 2. The normalized spacial score (nSPS) is 21.1. The molecule has 1 saturated carbocycles. The van der Waals surface area contributed by atoms with Crippen molar-refractivity contribution in [1.29, 1.82) is 0 Å². The summed E-state index contributed by atoms with van der Waals surface area (Å²) in [5.41, 5.74) is 0. The maximum absolute atomic E-state index is 11.7. The van der Waals surface area contributed by atoms with Gasteiger partial charge in [0.1, 0.15) is 5.75 Å².